The number of hydrogen-bond acceptors (Lipinski definition) is 8. The van der Waals surface area contributed by atoms with Crippen molar-refractivity contribution in [3.8, 4) is 17.0 Å². The lowest BCUT2D eigenvalue weighted by Gasteiger charge is -2.45. The van der Waals surface area contributed by atoms with Crippen LogP contribution in [0.1, 0.15) is 16.4 Å². The highest BCUT2D eigenvalue weighted by Gasteiger charge is 2.48. The van der Waals surface area contributed by atoms with Crippen molar-refractivity contribution < 1.29 is 34.0 Å². The molecule has 38 heavy (non-hydrogen) atoms. The third-order valence-electron chi connectivity index (χ3n) is 6.82. The number of amides is 1. The van der Waals surface area contributed by atoms with Crippen molar-refractivity contribution in [1.82, 2.24) is 19.9 Å². The lowest BCUT2D eigenvalue weighted by Crippen LogP contribution is -2.61. The Morgan fingerprint density at radius 2 is 1.92 bits per heavy atom. The predicted molar refractivity (Wildman–Crippen MR) is 135 cm³/mol. The minimum absolute atomic E-state index is 0.252. The Morgan fingerprint density at radius 3 is 2.66 bits per heavy atom. The monoisotopic (exact) mass is 522 g/mol. The van der Waals surface area contributed by atoms with E-state index in [9.17, 15) is 24.5 Å². The molecule has 198 valence electrons. The molecule has 1 fully saturated rings. The molecule has 3 aromatic carbocycles. The molecule has 11 heteroatoms. The van der Waals surface area contributed by atoms with Gasteiger partial charge >= 0.3 is 0 Å². The van der Waals surface area contributed by atoms with Gasteiger partial charge in [-0.15, -0.1) is 5.10 Å². The molecule has 1 aliphatic heterocycles. The van der Waals surface area contributed by atoms with Gasteiger partial charge in [-0.25, -0.2) is 9.07 Å². The number of nitrogens with zero attached hydrogens (tertiary/aromatic N) is 4. The molecule has 2 heterocycles. The summed E-state index contributed by atoms with van der Waals surface area (Å²) in [7, 11) is 2.92. The highest BCUT2D eigenvalue weighted by Crippen LogP contribution is 2.35. The maximum atomic E-state index is 13.7. The highest BCUT2D eigenvalue weighted by molar-refractivity contribution is 6.03. The van der Waals surface area contributed by atoms with Gasteiger partial charge in [0.2, 0.25) is 0 Å². The first-order chi connectivity index (χ1) is 18.3. The zero-order valence-corrected chi connectivity index (χ0v) is 20.7. The lowest BCUT2D eigenvalue weighted by molar-refractivity contribution is -0.235. The van der Waals surface area contributed by atoms with Crippen LogP contribution in [-0.4, -0.2) is 86.4 Å². The van der Waals surface area contributed by atoms with Crippen molar-refractivity contribution in [2.75, 3.05) is 20.8 Å². The minimum atomic E-state index is -1.46. The fraction of sp³-hybridized carbons (Fsp3) is 0.296. The van der Waals surface area contributed by atoms with E-state index in [1.165, 1.54) is 48.1 Å². The van der Waals surface area contributed by atoms with Gasteiger partial charge in [0.05, 0.1) is 25.5 Å². The Labute approximate surface area is 217 Å². The molecule has 0 radical (unpaired) electrons. The number of methoxy groups -OCH3 is 1. The number of hydrogen-bond donors (Lipinski definition) is 3. The number of carbonyl (C=O) groups excluding carboxylic acids is 1. The quantitative estimate of drug-likeness (QED) is 0.351. The fourth-order valence-electron chi connectivity index (χ4n) is 4.85. The Bertz CT molecular complexity index is 1460. The van der Waals surface area contributed by atoms with Crippen LogP contribution in [0, 0.1) is 5.82 Å². The summed E-state index contributed by atoms with van der Waals surface area (Å²) in [5.74, 6) is -0.577. The van der Waals surface area contributed by atoms with Gasteiger partial charge in [-0.3, -0.25) is 4.79 Å². The van der Waals surface area contributed by atoms with E-state index < -0.39 is 48.9 Å². The van der Waals surface area contributed by atoms with Gasteiger partial charge in [0, 0.05) is 18.0 Å². The summed E-state index contributed by atoms with van der Waals surface area (Å²) in [5, 5.41) is 41.9. The topological polar surface area (TPSA) is 130 Å². The molecule has 0 bridgehead atoms. The van der Waals surface area contributed by atoms with Gasteiger partial charge in [-0.2, -0.15) is 0 Å². The second-order valence-corrected chi connectivity index (χ2v) is 9.10. The Hall–Kier alpha value is -3.90. The molecule has 0 aliphatic carbocycles. The van der Waals surface area contributed by atoms with Crippen LogP contribution in [0.25, 0.3) is 22.0 Å². The van der Waals surface area contributed by atoms with Gasteiger partial charge in [0.25, 0.3) is 5.91 Å². The van der Waals surface area contributed by atoms with Gasteiger partial charge in [-0.1, -0.05) is 47.7 Å². The molecular weight excluding hydrogens is 495 g/mol. The second kappa shape index (κ2) is 10.5. The molecule has 0 unspecified atom stereocenters. The molecule has 4 aromatic rings. The van der Waals surface area contributed by atoms with E-state index in [2.05, 4.69) is 10.3 Å². The third kappa shape index (κ3) is 4.50. The zero-order valence-electron chi connectivity index (χ0n) is 20.7. The summed E-state index contributed by atoms with van der Waals surface area (Å²) in [5.41, 5.74) is 1.03. The first-order valence-corrected chi connectivity index (χ1v) is 12.0. The molecule has 3 N–H and O–H groups in total. The van der Waals surface area contributed by atoms with Crippen LogP contribution in [0.2, 0.25) is 0 Å². The van der Waals surface area contributed by atoms with E-state index in [-0.39, 0.29) is 5.56 Å². The van der Waals surface area contributed by atoms with Crippen molar-refractivity contribution in [1.29, 1.82) is 0 Å². The lowest BCUT2D eigenvalue weighted by atomic mass is 9.94. The number of benzene rings is 3. The van der Waals surface area contributed by atoms with Crippen molar-refractivity contribution >= 4 is 16.7 Å². The first-order valence-electron chi connectivity index (χ1n) is 12.0. The van der Waals surface area contributed by atoms with E-state index in [4.69, 9.17) is 9.47 Å². The third-order valence-corrected chi connectivity index (χ3v) is 6.82. The number of rotatable bonds is 6. The van der Waals surface area contributed by atoms with Crippen molar-refractivity contribution in [3.63, 3.8) is 0 Å². The Balaban J connectivity index is 1.47. The molecule has 0 spiro atoms. The molecule has 1 saturated heterocycles. The smallest absolute Gasteiger partial charge is 0.259 e. The number of aromatic nitrogens is 3. The van der Waals surface area contributed by atoms with Crippen LogP contribution in [0.4, 0.5) is 4.39 Å². The van der Waals surface area contributed by atoms with E-state index in [0.717, 1.165) is 10.8 Å². The number of aliphatic hydroxyl groups is 3. The van der Waals surface area contributed by atoms with Crippen LogP contribution in [-0.2, 0) is 4.74 Å². The summed E-state index contributed by atoms with van der Waals surface area (Å²) in [6.45, 7) is -0.576. The average Bonchev–Trinajstić information content (AvgIpc) is 3.41. The highest BCUT2D eigenvalue weighted by atomic mass is 19.1. The number of halogens is 1. The second-order valence-electron chi connectivity index (χ2n) is 9.10. The number of aliphatic hydroxyl groups excluding tert-OH is 3. The molecule has 5 rings (SSSR count). The van der Waals surface area contributed by atoms with E-state index in [1.807, 2.05) is 24.3 Å². The number of ether oxygens (including phenoxy) is 2. The maximum absolute atomic E-state index is 13.7. The van der Waals surface area contributed by atoms with Gasteiger partial charge in [0.15, 0.2) is 6.23 Å². The molecule has 5 atom stereocenters. The molecule has 0 saturated carbocycles. The standard InChI is InChI=1S/C27H27FN4O6/c1-31(26(36)19-11-10-15-6-3-4-9-18(15)25(19)37-2)27-24(35)22(23(34)21(14-33)38-27)32-13-20(29-30-32)16-7-5-8-17(28)12-16/h3-13,21-24,27,33-35H,14H2,1-2H3/t21-,22+,23+,24-,27-/m1/s1. The number of fused-ring (bicyclic) bond motifs is 1. The van der Waals surface area contributed by atoms with Crippen LogP contribution in [0.5, 0.6) is 5.75 Å². The van der Waals surface area contributed by atoms with E-state index in [1.54, 1.807) is 18.2 Å². The van der Waals surface area contributed by atoms with Gasteiger partial charge < -0.3 is 29.7 Å². The molecular formula is C27H27FN4O6. The number of likely N-dealkylation sites (N-methyl/N-ethyl adjacent to an activating group) is 1. The fourth-order valence-corrected chi connectivity index (χ4v) is 4.85. The van der Waals surface area contributed by atoms with Crippen LogP contribution in [0.15, 0.2) is 66.9 Å². The van der Waals surface area contributed by atoms with Crippen LogP contribution in [0.3, 0.4) is 0 Å². The van der Waals surface area contributed by atoms with Crippen LogP contribution >= 0.6 is 0 Å². The summed E-state index contributed by atoms with van der Waals surface area (Å²) in [4.78, 5) is 14.8. The SMILES string of the molecule is COc1c(C(=O)N(C)[C@@H]2O[C@H](CO)[C@H](O)[C@H](n3cc(-c4cccc(F)c4)nn3)[C@H]2O)ccc2ccccc12. The molecule has 1 aromatic heterocycles. The Kier molecular flexibility index (Phi) is 7.09. The van der Waals surface area contributed by atoms with Crippen molar-refractivity contribution in [2.24, 2.45) is 0 Å². The van der Waals surface area contributed by atoms with Gasteiger partial charge in [0.1, 0.15) is 41.6 Å². The van der Waals surface area contributed by atoms with E-state index in [0.29, 0.717) is 17.0 Å². The summed E-state index contributed by atoms with van der Waals surface area (Å²) in [6, 6.07) is 15.5. The normalized spacial score (nSPS) is 23.4. The largest absolute Gasteiger partial charge is 0.495 e. The van der Waals surface area contributed by atoms with Crippen molar-refractivity contribution in [2.45, 2.75) is 30.6 Å². The summed E-state index contributed by atoms with van der Waals surface area (Å²) in [6.07, 6.45) is -3.78. The number of carbonyl (C=O) groups is 1. The van der Waals surface area contributed by atoms with Crippen molar-refractivity contribution in [3.05, 3.63) is 78.2 Å². The first kappa shape index (κ1) is 25.7. The zero-order chi connectivity index (χ0) is 27.0. The average molecular weight is 523 g/mol. The van der Waals surface area contributed by atoms with Gasteiger partial charge in [-0.05, 0) is 23.6 Å². The molecule has 1 aliphatic rings. The molecule has 10 nitrogen and oxygen atoms in total. The van der Waals surface area contributed by atoms with Crippen LogP contribution < -0.4 is 4.74 Å². The summed E-state index contributed by atoms with van der Waals surface area (Å²) >= 11 is 0. The molecule has 1 amide bonds. The summed E-state index contributed by atoms with van der Waals surface area (Å²) < 4.78 is 26.3. The Morgan fingerprint density at radius 1 is 1.13 bits per heavy atom. The maximum Gasteiger partial charge on any atom is 0.259 e. The predicted octanol–water partition coefficient (Wildman–Crippen LogP) is 2.00. The minimum Gasteiger partial charge on any atom is -0.495 e. The van der Waals surface area contributed by atoms with E-state index >= 15 is 0 Å².